The maximum absolute atomic E-state index is 12.4. The highest BCUT2D eigenvalue weighted by Crippen LogP contribution is 2.22. The Balaban J connectivity index is 1.20. The molecule has 3 N–H and O–H groups in total. The van der Waals surface area contributed by atoms with Gasteiger partial charge in [-0.15, -0.1) is 0 Å². The van der Waals surface area contributed by atoms with E-state index in [2.05, 4.69) is 25.8 Å². The smallest absolute Gasteiger partial charge is 0.319 e. The van der Waals surface area contributed by atoms with Crippen molar-refractivity contribution in [3.8, 4) is 0 Å². The van der Waals surface area contributed by atoms with E-state index in [0.717, 1.165) is 59.5 Å². The number of likely N-dealkylation sites (tertiary alicyclic amines) is 1. The molecule has 2 aromatic carbocycles. The number of fused-ring (bicyclic) bond motifs is 1. The number of nitrogens with one attached hydrogen (secondary N) is 3. The maximum atomic E-state index is 12.4. The second-order valence-corrected chi connectivity index (χ2v) is 8.67. The van der Waals surface area contributed by atoms with Gasteiger partial charge in [0.1, 0.15) is 0 Å². The number of hydrogen-bond donors (Lipinski definition) is 3. The summed E-state index contributed by atoms with van der Waals surface area (Å²) in [4.78, 5) is 31.6. The van der Waals surface area contributed by atoms with Crippen molar-refractivity contribution < 1.29 is 9.59 Å². The predicted molar refractivity (Wildman–Crippen MR) is 131 cm³/mol. The highest BCUT2D eigenvalue weighted by Gasteiger charge is 2.23. The number of carbonyl (C=O) groups excluding carboxylic acids is 2. The Hall–Kier alpha value is -3.45. The normalized spacial score (nSPS) is 16.0. The molecule has 4 rings (SSSR count). The van der Waals surface area contributed by atoms with Crippen LogP contribution in [0.5, 0.6) is 0 Å². The maximum Gasteiger partial charge on any atom is 0.319 e. The van der Waals surface area contributed by atoms with Gasteiger partial charge in [-0.3, -0.25) is 14.7 Å². The van der Waals surface area contributed by atoms with E-state index in [9.17, 15) is 9.59 Å². The first kappa shape index (κ1) is 22.7. The van der Waals surface area contributed by atoms with E-state index in [1.807, 2.05) is 68.4 Å². The van der Waals surface area contributed by atoms with Gasteiger partial charge in [-0.05, 0) is 43.5 Å². The van der Waals surface area contributed by atoms with Crippen LogP contribution < -0.4 is 16.0 Å². The number of anilines is 1. The Labute approximate surface area is 194 Å². The highest BCUT2D eigenvalue weighted by molar-refractivity contribution is 6.00. The molecule has 3 aromatic rings. The number of rotatable bonds is 7. The monoisotopic (exact) mass is 445 g/mol. The highest BCUT2D eigenvalue weighted by atomic mass is 16.2. The molecule has 0 saturated carbocycles. The summed E-state index contributed by atoms with van der Waals surface area (Å²) < 4.78 is 0. The van der Waals surface area contributed by atoms with Gasteiger partial charge >= 0.3 is 6.03 Å². The number of para-hydroxylation sites is 1. The lowest BCUT2D eigenvalue weighted by Gasteiger charge is -2.17. The first-order valence-electron chi connectivity index (χ1n) is 11.5. The zero-order valence-corrected chi connectivity index (χ0v) is 19.2. The average molecular weight is 446 g/mol. The van der Waals surface area contributed by atoms with E-state index < -0.39 is 0 Å². The van der Waals surface area contributed by atoms with E-state index in [-0.39, 0.29) is 18.0 Å². The molecular formula is C26H31N5O2. The van der Waals surface area contributed by atoms with Gasteiger partial charge in [-0.25, -0.2) is 4.79 Å². The summed E-state index contributed by atoms with van der Waals surface area (Å²) in [5.74, 6) is 0.0634. The fraction of sp³-hybridized carbons (Fsp3) is 0.346. The van der Waals surface area contributed by atoms with Crippen LogP contribution in [-0.2, 0) is 11.2 Å². The number of pyridine rings is 1. The molecule has 1 fully saturated rings. The van der Waals surface area contributed by atoms with Crippen LogP contribution in [0.1, 0.15) is 23.2 Å². The number of nitrogens with zero attached hydrogens (tertiary/aromatic N) is 2. The van der Waals surface area contributed by atoms with Crippen molar-refractivity contribution in [2.75, 3.05) is 31.5 Å². The molecule has 1 atom stereocenters. The third-order valence-corrected chi connectivity index (χ3v) is 6.06. The molecular weight excluding hydrogens is 414 g/mol. The SMILES string of the molecule is Cc1cc(NC(=O)NCCN2CCC(NC(=O)Cc3ccccc3C)C2)c2ccccc2n1. The molecule has 1 aliphatic heterocycles. The zero-order chi connectivity index (χ0) is 23.2. The molecule has 3 amide bonds. The molecule has 1 aromatic heterocycles. The molecule has 1 saturated heterocycles. The van der Waals surface area contributed by atoms with Crippen molar-refractivity contribution in [3.05, 3.63) is 71.4 Å². The molecule has 172 valence electrons. The summed E-state index contributed by atoms with van der Waals surface area (Å²) in [5.41, 5.74) is 4.68. The van der Waals surface area contributed by atoms with Crippen LogP contribution in [0.4, 0.5) is 10.5 Å². The van der Waals surface area contributed by atoms with Gasteiger partial charge < -0.3 is 16.0 Å². The zero-order valence-electron chi connectivity index (χ0n) is 19.2. The summed E-state index contributed by atoms with van der Waals surface area (Å²) in [6, 6.07) is 17.6. The van der Waals surface area contributed by atoms with E-state index in [1.165, 1.54) is 0 Å². The molecule has 0 spiro atoms. The Morgan fingerprint density at radius 1 is 1.09 bits per heavy atom. The van der Waals surface area contributed by atoms with Gasteiger partial charge in [-0.2, -0.15) is 0 Å². The van der Waals surface area contributed by atoms with Gasteiger partial charge in [0.25, 0.3) is 0 Å². The molecule has 0 bridgehead atoms. The molecule has 7 heteroatoms. The summed E-state index contributed by atoms with van der Waals surface area (Å²) in [5, 5.41) is 9.96. The van der Waals surface area contributed by atoms with E-state index >= 15 is 0 Å². The standard InChI is InChI=1S/C26H31N5O2/c1-18-7-3-4-8-20(18)16-25(32)29-21-11-13-31(17-21)14-12-27-26(33)30-24-15-19(2)28-23-10-6-5-9-22(23)24/h3-10,15,21H,11-14,16-17H2,1-2H3,(H,29,32)(H2,27,28,30,33). The minimum absolute atomic E-state index is 0.0634. The van der Waals surface area contributed by atoms with Crippen LogP contribution >= 0.6 is 0 Å². The van der Waals surface area contributed by atoms with Crippen molar-refractivity contribution in [1.82, 2.24) is 20.5 Å². The van der Waals surface area contributed by atoms with Crippen molar-refractivity contribution in [1.29, 1.82) is 0 Å². The van der Waals surface area contributed by atoms with Crippen LogP contribution in [0.25, 0.3) is 10.9 Å². The van der Waals surface area contributed by atoms with Crippen LogP contribution in [0.2, 0.25) is 0 Å². The topological polar surface area (TPSA) is 86.4 Å². The van der Waals surface area contributed by atoms with Crippen LogP contribution in [0.15, 0.2) is 54.6 Å². The van der Waals surface area contributed by atoms with E-state index in [4.69, 9.17) is 0 Å². The van der Waals surface area contributed by atoms with Gasteiger partial charge in [0.2, 0.25) is 5.91 Å². The summed E-state index contributed by atoms with van der Waals surface area (Å²) in [6.07, 6.45) is 1.34. The number of amides is 3. The second kappa shape index (κ2) is 10.4. The van der Waals surface area contributed by atoms with Crippen LogP contribution in [0.3, 0.4) is 0 Å². The first-order valence-corrected chi connectivity index (χ1v) is 11.5. The van der Waals surface area contributed by atoms with Gasteiger partial charge in [0.15, 0.2) is 0 Å². The Bertz CT molecular complexity index is 1150. The predicted octanol–water partition coefficient (Wildman–Crippen LogP) is 3.41. The summed E-state index contributed by atoms with van der Waals surface area (Å²) >= 11 is 0. The van der Waals surface area contributed by atoms with Crippen molar-refractivity contribution in [3.63, 3.8) is 0 Å². The number of aromatic nitrogens is 1. The molecule has 1 unspecified atom stereocenters. The van der Waals surface area contributed by atoms with Gasteiger partial charge in [0, 0.05) is 43.3 Å². The number of urea groups is 1. The molecule has 0 radical (unpaired) electrons. The molecule has 33 heavy (non-hydrogen) atoms. The fourth-order valence-corrected chi connectivity index (χ4v) is 4.32. The van der Waals surface area contributed by atoms with E-state index in [0.29, 0.717) is 13.0 Å². The number of carbonyl (C=O) groups is 2. The first-order chi connectivity index (χ1) is 16.0. The Kier molecular flexibility index (Phi) is 7.19. The van der Waals surface area contributed by atoms with Crippen molar-refractivity contribution in [2.45, 2.75) is 32.7 Å². The fourth-order valence-electron chi connectivity index (χ4n) is 4.32. The average Bonchev–Trinajstić information content (AvgIpc) is 3.22. The van der Waals surface area contributed by atoms with Crippen LogP contribution in [-0.4, -0.2) is 54.0 Å². The quantitative estimate of drug-likeness (QED) is 0.520. The number of hydrogen-bond acceptors (Lipinski definition) is 4. The lowest BCUT2D eigenvalue weighted by molar-refractivity contribution is -0.121. The van der Waals surface area contributed by atoms with Gasteiger partial charge in [-0.1, -0.05) is 42.5 Å². The van der Waals surface area contributed by atoms with Gasteiger partial charge in [0.05, 0.1) is 17.6 Å². The Morgan fingerprint density at radius 2 is 1.88 bits per heavy atom. The third kappa shape index (κ3) is 6.08. The molecule has 2 heterocycles. The lowest BCUT2D eigenvalue weighted by Crippen LogP contribution is -2.40. The minimum atomic E-state index is -0.229. The summed E-state index contributed by atoms with van der Waals surface area (Å²) in [7, 11) is 0. The Morgan fingerprint density at radius 3 is 2.73 bits per heavy atom. The second-order valence-electron chi connectivity index (χ2n) is 8.67. The molecule has 0 aliphatic carbocycles. The van der Waals surface area contributed by atoms with Crippen molar-refractivity contribution >= 4 is 28.5 Å². The van der Waals surface area contributed by atoms with E-state index in [1.54, 1.807) is 0 Å². The lowest BCUT2D eigenvalue weighted by atomic mass is 10.1. The molecule has 7 nitrogen and oxygen atoms in total. The minimum Gasteiger partial charge on any atom is -0.352 e. The third-order valence-electron chi connectivity index (χ3n) is 6.06. The van der Waals surface area contributed by atoms with Crippen LogP contribution in [0, 0.1) is 13.8 Å². The molecule has 1 aliphatic rings. The number of aryl methyl sites for hydroxylation is 2. The van der Waals surface area contributed by atoms with Crippen molar-refractivity contribution in [2.24, 2.45) is 0 Å². The largest absolute Gasteiger partial charge is 0.352 e. The summed E-state index contributed by atoms with van der Waals surface area (Å²) in [6.45, 7) is 6.94. The number of benzene rings is 2.